The van der Waals surface area contributed by atoms with Gasteiger partial charge in [0.1, 0.15) is 6.04 Å². The zero-order valence-corrected chi connectivity index (χ0v) is 12.0. The van der Waals surface area contributed by atoms with Gasteiger partial charge >= 0.3 is 0 Å². The zero-order chi connectivity index (χ0) is 13.8. The lowest BCUT2D eigenvalue weighted by molar-refractivity contribution is -0.126. The van der Waals surface area contributed by atoms with Crippen LogP contribution in [0.2, 0.25) is 0 Å². The Bertz CT molecular complexity index is 459. The molecule has 1 amide bonds. The highest BCUT2D eigenvalue weighted by atomic mass is 16.2. The van der Waals surface area contributed by atoms with Crippen molar-refractivity contribution in [2.45, 2.75) is 26.4 Å². The lowest BCUT2D eigenvalue weighted by Crippen LogP contribution is -2.56. The van der Waals surface area contributed by atoms with Crippen molar-refractivity contribution in [1.29, 1.82) is 0 Å². The van der Waals surface area contributed by atoms with Gasteiger partial charge < -0.3 is 10.6 Å². The van der Waals surface area contributed by atoms with Crippen LogP contribution in [0.3, 0.4) is 0 Å². The van der Waals surface area contributed by atoms with Crippen LogP contribution >= 0.6 is 0 Å². The standard InChI is InChI=1S/C15H23N3O/c1-11-4-5-13(8-12(11)2)9-17-15(19)14-10-16-6-7-18(14)3/h4-5,8,14,16H,6-7,9-10H2,1-3H3,(H,17,19). The number of amides is 1. The molecule has 1 atom stereocenters. The molecule has 0 aliphatic carbocycles. The highest BCUT2D eigenvalue weighted by Crippen LogP contribution is 2.09. The van der Waals surface area contributed by atoms with Gasteiger partial charge in [-0.2, -0.15) is 0 Å². The Kier molecular flexibility index (Phi) is 4.56. The second-order valence-corrected chi connectivity index (χ2v) is 5.34. The summed E-state index contributed by atoms with van der Waals surface area (Å²) in [4.78, 5) is 14.2. The molecule has 1 aliphatic heterocycles. The third kappa shape index (κ3) is 3.55. The summed E-state index contributed by atoms with van der Waals surface area (Å²) >= 11 is 0. The van der Waals surface area contributed by atoms with Gasteiger partial charge in [-0.1, -0.05) is 18.2 Å². The van der Waals surface area contributed by atoms with Crippen LogP contribution in [0.1, 0.15) is 16.7 Å². The van der Waals surface area contributed by atoms with Crippen LogP contribution in [0.15, 0.2) is 18.2 Å². The minimum atomic E-state index is -0.0553. The smallest absolute Gasteiger partial charge is 0.238 e. The van der Waals surface area contributed by atoms with Crippen LogP contribution in [0.25, 0.3) is 0 Å². The molecule has 1 fully saturated rings. The van der Waals surface area contributed by atoms with Crippen LogP contribution in [0, 0.1) is 13.8 Å². The SMILES string of the molecule is Cc1ccc(CNC(=O)C2CNCCN2C)cc1C. The number of benzene rings is 1. The number of nitrogens with one attached hydrogen (secondary N) is 2. The molecule has 104 valence electrons. The molecular weight excluding hydrogens is 238 g/mol. The Morgan fingerprint density at radius 1 is 1.42 bits per heavy atom. The molecule has 2 N–H and O–H groups in total. The first-order valence-electron chi connectivity index (χ1n) is 6.82. The summed E-state index contributed by atoms with van der Waals surface area (Å²) in [5.41, 5.74) is 3.71. The lowest BCUT2D eigenvalue weighted by Gasteiger charge is -2.31. The Morgan fingerprint density at radius 3 is 2.89 bits per heavy atom. The predicted octanol–water partition coefficient (Wildman–Crippen LogP) is 0.823. The molecule has 2 rings (SSSR count). The second kappa shape index (κ2) is 6.17. The molecule has 1 aromatic carbocycles. The van der Waals surface area contributed by atoms with E-state index in [2.05, 4.69) is 47.6 Å². The second-order valence-electron chi connectivity index (χ2n) is 5.34. The zero-order valence-electron chi connectivity index (χ0n) is 12.0. The van der Waals surface area contributed by atoms with E-state index in [1.54, 1.807) is 0 Å². The minimum absolute atomic E-state index is 0.0553. The Labute approximate surface area is 115 Å². The van der Waals surface area contributed by atoms with Crippen LogP contribution in [0.4, 0.5) is 0 Å². The van der Waals surface area contributed by atoms with Gasteiger partial charge in [0.25, 0.3) is 0 Å². The molecule has 1 unspecified atom stereocenters. The van der Waals surface area contributed by atoms with Gasteiger partial charge in [0, 0.05) is 26.2 Å². The fourth-order valence-corrected chi connectivity index (χ4v) is 2.32. The van der Waals surface area contributed by atoms with Crippen molar-refractivity contribution in [1.82, 2.24) is 15.5 Å². The fourth-order valence-electron chi connectivity index (χ4n) is 2.32. The van der Waals surface area contributed by atoms with Crippen molar-refractivity contribution in [3.8, 4) is 0 Å². The Morgan fingerprint density at radius 2 is 2.21 bits per heavy atom. The Balaban J connectivity index is 1.90. The summed E-state index contributed by atoms with van der Waals surface area (Å²) in [6.07, 6.45) is 0. The van der Waals surface area contributed by atoms with Gasteiger partial charge in [-0.3, -0.25) is 9.69 Å². The number of piperazine rings is 1. The Hall–Kier alpha value is -1.39. The minimum Gasteiger partial charge on any atom is -0.351 e. The van der Waals surface area contributed by atoms with E-state index in [9.17, 15) is 4.79 Å². The van der Waals surface area contributed by atoms with E-state index in [1.807, 2.05) is 7.05 Å². The molecule has 0 radical (unpaired) electrons. The number of hydrogen-bond acceptors (Lipinski definition) is 3. The summed E-state index contributed by atoms with van der Waals surface area (Å²) < 4.78 is 0. The first-order valence-corrected chi connectivity index (χ1v) is 6.82. The molecule has 0 aromatic heterocycles. The normalized spacial score (nSPS) is 20.3. The van der Waals surface area contributed by atoms with Crippen LogP contribution in [-0.4, -0.2) is 43.5 Å². The van der Waals surface area contributed by atoms with Crippen molar-refractivity contribution in [3.63, 3.8) is 0 Å². The average Bonchev–Trinajstić information content (AvgIpc) is 2.40. The number of carbonyl (C=O) groups is 1. The van der Waals surface area contributed by atoms with Gasteiger partial charge in [-0.25, -0.2) is 0 Å². The average molecular weight is 261 g/mol. The van der Waals surface area contributed by atoms with E-state index in [1.165, 1.54) is 11.1 Å². The molecular formula is C15H23N3O. The van der Waals surface area contributed by atoms with Crippen molar-refractivity contribution in [2.24, 2.45) is 0 Å². The third-order valence-electron chi connectivity index (χ3n) is 3.85. The quantitative estimate of drug-likeness (QED) is 0.847. The summed E-state index contributed by atoms with van der Waals surface area (Å²) in [5.74, 6) is 0.105. The van der Waals surface area contributed by atoms with Gasteiger partial charge in [-0.15, -0.1) is 0 Å². The number of aryl methyl sites for hydroxylation is 2. The molecule has 1 aromatic rings. The molecule has 0 spiro atoms. The first-order chi connectivity index (χ1) is 9.08. The van der Waals surface area contributed by atoms with Crippen LogP contribution in [0.5, 0.6) is 0 Å². The summed E-state index contributed by atoms with van der Waals surface area (Å²) in [6.45, 7) is 7.40. The van der Waals surface area contributed by atoms with Gasteiger partial charge in [-0.05, 0) is 37.6 Å². The van der Waals surface area contributed by atoms with E-state index < -0.39 is 0 Å². The fraction of sp³-hybridized carbons (Fsp3) is 0.533. The van der Waals surface area contributed by atoms with Crippen LogP contribution < -0.4 is 10.6 Å². The molecule has 4 heteroatoms. The highest BCUT2D eigenvalue weighted by Gasteiger charge is 2.25. The monoisotopic (exact) mass is 261 g/mol. The van der Waals surface area contributed by atoms with Crippen LogP contribution in [-0.2, 0) is 11.3 Å². The maximum absolute atomic E-state index is 12.1. The number of hydrogen-bond donors (Lipinski definition) is 2. The van der Waals surface area contributed by atoms with E-state index in [-0.39, 0.29) is 11.9 Å². The van der Waals surface area contributed by atoms with E-state index in [0.717, 1.165) is 25.2 Å². The topological polar surface area (TPSA) is 44.4 Å². The van der Waals surface area contributed by atoms with Crippen molar-refractivity contribution in [2.75, 3.05) is 26.7 Å². The molecule has 1 aliphatic rings. The third-order valence-corrected chi connectivity index (χ3v) is 3.85. The molecule has 0 saturated carbocycles. The predicted molar refractivity (Wildman–Crippen MR) is 77.1 cm³/mol. The molecule has 19 heavy (non-hydrogen) atoms. The van der Waals surface area contributed by atoms with Crippen molar-refractivity contribution in [3.05, 3.63) is 34.9 Å². The summed E-state index contributed by atoms with van der Waals surface area (Å²) in [6, 6.07) is 6.26. The van der Waals surface area contributed by atoms with Gasteiger partial charge in [0.05, 0.1) is 0 Å². The lowest BCUT2D eigenvalue weighted by atomic mass is 10.1. The number of nitrogens with zero attached hydrogens (tertiary/aromatic N) is 1. The van der Waals surface area contributed by atoms with Gasteiger partial charge in [0.15, 0.2) is 0 Å². The van der Waals surface area contributed by atoms with E-state index in [0.29, 0.717) is 6.54 Å². The maximum Gasteiger partial charge on any atom is 0.238 e. The molecule has 0 bridgehead atoms. The summed E-state index contributed by atoms with van der Waals surface area (Å²) in [5, 5.41) is 6.28. The molecule has 1 heterocycles. The van der Waals surface area contributed by atoms with Crippen molar-refractivity contribution >= 4 is 5.91 Å². The molecule has 1 saturated heterocycles. The highest BCUT2D eigenvalue weighted by molar-refractivity contribution is 5.82. The summed E-state index contributed by atoms with van der Waals surface area (Å²) in [7, 11) is 2.00. The number of carbonyl (C=O) groups excluding carboxylic acids is 1. The first kappa shape index (κ1) is 14.0. The van der Waals surface area contributed by atoms with Crippen molar-refractivity contribution < 1.29 is 4.79 Å². The number of rotatable bonds is 3. The van der Waals surface area contributed by atoms with E-state index in [4.69, 9.17) is 0 Å². The number of likely N-dealkylation sites (N-methyl/N-ethyl adjacent to an activating group) is 1. The van der Waals surface area contributed by atoms with Gasteiger partial charge in [0.2, 0.25) is 5.91 Å². The van der Waals surface area contributed by atoms with E-state index >= 15 is 0 Å². The maximum atomic E-state index is 12.1. The molecule has 4 nitrogen and oxygen atoms in total. The largest absolute Gasteiger partial charge is 0.351 e.